The number of nitrogens with one attached hydrogen (secondary N) is 2. The summed E-state index contributed by atoms with van der Waals surface area (Å²) in [6, 6.07) is 1.39. The second-order valence-corrected chi connectivity index (χ2v) is 9.57. The third kappa shape index (κ3) is 4.71. The Morgan fingerprint density at radius 1 is 0.957 bits per heavy atom. The van der Waals surface area contributed by atoms with Gasteiger partial charge in [0.25, 0.3) is 0 Å². The maximum Gasteiger partial charge on any atom is 0.220 e. The summed E-state index contributed by atoms with van der Waals surface area (Å²) < 4.78 is 0. The second kappa shape index (κ2) is 7.13. The molecule has 0 spiro atoms. The van der Waals surface area contributed by atoms with E-state index in [-0.39, 0.29) is 0 Å². The first kappa shape index (κ1) is 17.3. The van der Waals surface area contributed by atoms with E-state index in [2.05, 4.69) is 31.4 Å². The fourth-order valence-corrected chi connectivity index (χ4v) is 5.17. The summed E-state index contributed by atoms with van der Waals surface area (Å²) in [6.45, 7) is 8.01. The smallest absolute Gasteiger partial charge is 0.220 e. The molecule has 2 heterocycles. The first-order valence-corrected chi connectivity index (χ1v) is 9.93. The maximum absolute atomic E-state index is 12.3. The molecule has 2 unspecified atom stereocenters. The highest BCUT2D eigenvalue weighted by atomic mass is 16.1. The van der Waals surface area contributed by atoms with Crippen molar-refractivity contribution in [3.05, 3.63) is 0 Å². The van der Waals surface area contributed by atoms with Crippen LogP contribution in [0.5, 0.6) is 0 Å². The number of piperidine rings is 1. The number of amides is 1. The topological polar surface area (TPSA) is 41.1 Å². The van der Waals surface area contributed by atoms with E-state index in [0.717, 1.165) is 18.9 Å². The molecule has 2 aliphatic heterocycles. The largest absolute Gasteiger partial charge is 0.356 e. The van der Waals surface area contributed by atoms with Crippen molar-refractivity contribution in [2.24, 2.45) is 23.2 Å². The monoisotopic (exact) mass is 320 g/mol. The standard InChI is InChI=1S/C20H36N2O/c1-20(2,3)16-6-4-14(5-7-16)13-21-19(23)12-15-10-17-8-9-18(11-15)22-17/h14-18,22H,4-13H2,1-3H3,(H,21,23). The summed E-state index contributed by atoms with van der Waals surface area (Å²) in [5.41, 5.74) is 0.447. The van der Waals surface area contributed by atoms with Crippen LogP contribution in [0.3, 0.4) is 0 Å². The zero-order chi connectivity index (χ0) is 16.4. The van der Waals surface area contributed by atoms with Crippen LogP contribution in [0.1, 0.15) is 78.6 Å². The van der Waals surface area contributed by atoms with Crippen LogP contribution in [-0.4, -0.2) is 24.5 Å². The molecule has 0 radical (unpaired) electrons. The summed E-state index contributed by atoms with van der Waals surface area (Å²) >= 11 is 0. The molecule has 2 atom stereocenters. The Labute approximate surface area is 142 Å². The Hall–Kier alpha value is -0.570. The van der Waals surface area contributed by atoms with Gasteiger partial charge in [0, 0.05) is 25.0 Å². The summed E-state index contributed by atoms with van der Waals surface area (Å²) in [5.74, 6) is 2.49. The molecule has 2 bridgehead atoms. The van der Waals surface area contributed by atoms with Crippen LogP contribution in [-0.2, 0) is 4.79 Å². The van der Waals surface area contributed by atoms with Crippen LogP contribution in [0.4, 0.5) is 0 Å². The lowest BCUT2D eigenvalue weighted by Gasteiger charge is -2.37. The average molecular weight is 321 g/mol. The highest BCUT2D eigenvalue weighted by Crippen LogP contribution is 2.39. The van der Waals surface area contributed by atoms with Gasteiger partial charge in [-0.25, -0.2) is 0 Å². The van der Waals surface area contributed by atoms with Gasteiger partial charge in [0.2, 0.25) is 5.91 Å². The van der Waals surface area contributed by atoms with E-state index in [1.54, 1.807) is 0 Å². The molecule has 3 heteroatoms. The van der Waals surface area contributed by atoms with Crippen molar-refractivity contribution >= 4 is 5.91 Å². The maximum atomic E-state index is 12.3. The van der Waals surface area contributed by atoms with E-state index in [9.17, 15) is 4.79 Å². The van der Waals surface area contributed by atoms with Crippen LogP contribution < -0.4 is 10.6 Å². The summed E-state index contributed by atoms with van der Waals surface area (Å²) in [7, 11) is 0. The fraction of sp³-hybridized carbons (Fsp3) is 0.950. The molecule has 3 rings (SSSR count). The molecule has 0 aromatic rings. The Bertz CT molecular complexity index is 394. The third-order valence-corrected chi connectivity index (χ3v) is 6.70. The molecule has 0 aromatic heterocycles. The highest BCUT2D eigenvalue weighted by molar-refractivity contribution is 5.76. The zero-order valence-corrected chi connectivity index (χ0v) is 15.4. The van der Waals surface area contributed by atoms with Gasteiger partial charge < -0.3 is 10.6 Å². The van der Waals surface area contributed by atoms with Gasteiger partial charge in [-0.2, -0.15) is 0 Å². The molecule has 1 amide bonds. The zero-order valence-electron chi connectivity index (χ0n) is 15.4. The fourth-order valence-electron chi connectivity index (χ4n) is 5.17. The van der Waals surface area contributed by atoms with Crippen molar-refractivity contribution < 1.29 is 4.79 Å². The molecule has 3 aliphatic rings. The molecule has 3 nitrogen and oxygen atoms in total. The minimum absolute atomic E-state index is 0.300. The lowest BCUT2D eigenvalue weighted by Crippen LogP contribution is -2.40. The van der Waals surface area contributed by atoms with Gasteiger partial charge >= 0.3 is 0 Å². The Morgan fingerprint density at radius 3 is 2.13 bits per heavy atom. The van der Waals surface area contributed by atoms with Crippen LogP contribution in [0.2, 0.25) is 0 Å². The molecule has 2 N–H and O–H groups in total. The first-order valence-electron chi connectivity index (χ1n) is 9.93. The van der Waals surface area contributed by atoms with Gasteiger partial charge in [-0.3, -0.25) is 4.79 Å². The Morgan fingerprint density at radius 2 is 1.57 bits per heavy atom. The van der Waals surface area contributed by atoms with Gasteiger partial charge in [-0.1, -0.05) is 20.8 Å². The summed E-state index contributed by atoms with van der Waals surface area (Å²) in [5, 5.41) is 6.91. The molecular weight excluding hydrogens is 284 g/mol. The molecule has 1 saturated carbocycles. The van der Waals surface area contributed by atoms with Crippen molar-refractivity contribution in [1.82, 2.24) is 10.6 Å². The predicted molar refractivity (Wildman–Crippen MR) is 95.2 cm³/mol. The quantitative estimate of drug-likeness (QED) is 0.825. The van der Waals surface area contributed by atoms with Gasteiger partial charge in [-0.05, 0) is 74.5 Å². The van der Waals surface area contributed by atoms with Gasteiger partial charge in [-0.15, -0.1) is 0 Å². The number of hydrogen-bond acceptors (Lipinski definition) is 2. The van der Waals surface area contributed by atoms with Crippen molar-refractivity contribution in [2.75, 3.05) is 6.54 Å². The molecule has 2 saturated heterocycles. The number of rotatable bonds is 4. The highest BCUT2D eigenvalue weighted by Gasteiger charge is 2.34. The SMILES string of the molecule is CC(C)(C)C1CCC(CNC(=O)CC2CC3CCC(C2)N3)CC1. The number of hydrogen-bond donors (Lipinski definition) is 2. The van der Waals surface area contributed by atoms with E-state index in [1.807, 2.05) is 0 Å². The van der Waals surface area contributed by atoms with Crippen molar-refractivity contribution in [3.8, 4) is 0 Å². The molecule has 3 fully saturated rings. The van der Waals surface area contributed by atoms with Crippen molar-refractivity contribution in [2.45, 2.75) is 90.6 Å². The van der Waals surface area contributed by atoms with Crippen LogP contribution >= 0.6 is 0 Å². The van der Waals surface area contributed by atoms with E-state index in [4.69, 9.17) is 0 Å². The average Bonchev–Trinajstić information content (AvgIpc) is 2.83. The Balaban J connectivity index is 1.34. The molecule has 132 valence electrons. The van der Waals surface area contributed by atoms with E-state index < -0.39 is 0 Å². The minimum atomic E-state index is 0.300. The third-order valence-electron chi connectivity index (χ3n) is 6.70. The van der Waals surface area contributed by atoms with Crippen molar-refractivity contribution in [1.29, 1.82) is 0 Å². The second-order valence-electron chi connectivity index (χ2n) is 9.57. The van der Waals surface area contributed by atoms with E-state index in [0.29, 0.717) is 35.2 Å². The molecular formula is C20H36N2O. The molecule has 1 aliphatic carbocycles. The van der Waals surface area contributed by atoms with Crippen LogP contribution in [0, 0.1) is 23.2 Å². The normalized spacial score (nSPS) is 37.6. The minimum Gasteiger partial charge on any atom is -0.356 e. The van der Waals surface area contributed by atoms with Gasteiger partial charge in [0.05, 0.1) is 0 Å². The van der Waals surface area contributed by atoms with Crippen LogP contribution in [0.15, 0.2) is 0 Å². The van der Waals surface area contributed by atoms with Gasteiger partial charge in [0.1, 0.15) is 0 Å². The van der Waals surface area contributed by atoms with Crippen LogP contribution in [0.25, 0.3) is 0 Å². The molecule has 0 aromatic carbocycles. The lowest BCUT2D eigenvalue weighted by molar-refractivity contribution is -0.122. The van der Waals surface area contributed by atoms with Crippen molar-refractivity contribution in [3.63, 3.8) is 0 Å². The Kier molecular flexibility index (Phi) is 5.35. The molecule has 23 heavy (non-hydrogen) atoms. The van der Waals surface area contributed by atoms with E-state index >= 15 is 0 Å². The number of carbonyl (C=O) groups is 1. The summed E-state index contributed by atoms with van der Waals surface area (Å²) in [4.78, 5) is 12.3. The lowest BCUT2D eigenvalue weighted by atomic mass is 9.70. The number of carbonyl (C=O) groups excluding carboxylic acids is 1. The van der Waals surface area contributed by atoms with Gasteiger partial charge in [0.15, 0.2) is 0 Å². The summed E-state index contributed by atoms with van der Waals surface area (Å²) in [6.07, 6.45) is 11.1. The van der Waals surface area contributed by atoms with E-state index in [1.165, 1.54) is 51.4 Å². The number of fused-ring (bicyclic) bond motifs is 2. The predicted octanol–water partition coefficient (Wildman–Crippen LogP) is 3.88. The first-order chi connectivity index (χ1) is 10.9.